The van der Waals surface area contributed by atoms with Crippen molar-refractivity contribution in [2.24, 2.45) is 0 Å². The molecule has 1 amide bonds. The molecule has 1 aromatic heterocycles. The van der Waals surface area contributed by atoms with Gasteiger partial charge in [0.15, 0.2) is 0 Å². The summed E-state index contributed by atoms with van der Waals surface area (Å²) < 4.78 is 29.6. The lowest BCUT2D eigenvalue weighted by atomic mass is 10.1. The smallest absolute Gasteiger partial charge is 0.251 e. The highest BCUT2D eigenvalue weighted by atomic mass is 32.2. The van der Waals surface area contributed by atoms with E-state index in [0.717, 1.165) is 24.8 Å². The first-order valence-corrected chi connectivity index (χ1v) is 12.2. The maximum atomic E-state index is 13.2. The van der Waals surface area contributed by atoms with Gasteiger partial charge in [0.05, 0.1) is 17.5 Å². The zero-order chi connectivity index (χ0) is 22.6. The Kier molecular flexibility index (Phi) is 6.66. The first-order valence-electron chi connectivity index (χ1n) is 10.7. The van der Waals surface area contributed by atoms with Crippen LogP contribution in [0.2, 0.25) is 0 Å². The molecule has 32 heavy (non-hydrogen) atoms. The number of sulfonamides is 1. The molecule has 1 aliphatic rings. The van der Waals surface area contributed by atoms with Gasteiger partial charge < -0.3 is 5.32 Å². The van der Waals surface area contributed by atoms with Crippen molar-refractivity contribution >= 4 is 15.9 Å². The minimum Gasteiger partial charge on any atom is -0.343 e. The summed E-state index contributed by atoms with van der Waals surface area (Å²) in [7, 11) is -3.64. The molecule has 0 aliphatic carbocycles. The molecule has 8 nitrogen and oxygen atoms in total. The second kappa shape index (κ2) is 9.62. The van der Waals surface area contributed by atoms with Crippen molar-refractivity contribution in [3.8, 4) is 0 Å². The molecule has 0 bridgehead atoms. The molecule has 2 heterocycles. The van der Waals surface area contributed by atoms with Crippen LogP contribution in [-0.4, -0.2) is 46.5 Å². The van der Waals surface area contributed by atoms with Crippen LogP contribution in [-0.2, 0) is 16.6 Å². The van der Waals surface area contributed by atoms with Crippen LogP contribution in [0.1, 0.15) is 46.8 Å². The van der Waals surface area contributed by atoms with Crippen LogP contribution < -0.4 is 5.32 Å². The molecular weight excluding hydrogens is 426 g/mol. The van der Waals surface area contributed by atoms with Crippen LogP contribution in [0.15, 0.2) is 66.1 Å². The molecule has 1 aliphatic heterocycles. The third-order valence-corrected chi connectivity index (χ3v) is 7.77. The number of aromatic nitrogens is 3. The molecule has 1 atom stereocenters. The number of hydrogen-bond acceptors (Lipinski definition) is 5. The Morgan fingerprint density at radius 1 is 1.09 bits per heavy atom. The largest absolute Gasteiger partial charge is 0.343 e. The second-order valence-corrected chi connectivity index (χ2v) is 9.91. The van der Waals surface area contributed by atoms with Crippen LogP contribution >= 0.6 is 0 Å². The fraction of sp³-hybridized carbons (Fsp3) is 0.348. The highest BCUT2D eigenvalue weighted by molar-refractivity contribution is 7.89. The molecule has 1 N–H and O–H groups in total. The first kappa shape index (κ1) is 22.2. The maximum Gasteiger partial charge on any atom is 0.251 e. The Hall–Kier alpha value is -3.04. The number of nitrogens with zero attached hydrogens (tertiary/aromatic N) is 4. The topological polar surface area (TPSA) is 97.2 Å². The van der Waals surface area contributed by atoms with Gasteiger partial charge in [0.2, 0.25) is 10.0 Å². The minimum atomic E-state index is -3.64. The maximum absolute atomic E-state index is 13.2. The van der Waals surface area contributed by atoms with Crippen molar-refractivity contribution < 1.29 is 13.2 Å². The summed E-state index contributed by atoms with van der Waals surface area (Å²) in [6.07, 6.45) is 5.80. The van der Waals surface area contributed by atoms with Gasteiger partial charge in [-0.1, -0.05) is 42.8 Å². The average Bonchev–Trinajstić information content (AvgIpc) is 3.33. The zero-order valence-electron chi connectivity index (χ0n) is 18.0. The Balaban J connectivity index is 1.60. The van der Waals surface area contributed by atoms with Gasteiger partial charge in [0, 0.05) is 18.7 Å². The molecule has 2 aromatic carbocycles. The number of hydrogen-bond donors (Lipinski definition) is 1. The second-order valence-electron chi connectivity index (χ2n) is 8.00. The predicted octanol–water partition coefficient (Wildman–Crippen LogP) is 2.93. The van der Waals surface area contributed by atoms with Crippen molar-refractivity contribution in [3.63, 3.8) is 0 Å². The SMILES string of the molecule is Cc1ccc(C(=O)NC(Cn2cncn2)c2ccccc2)cc1S(=O)(=O)N1CCCCC1. The molecule has 168 valence electrons. The van der Waals surface area contributed by atoms with E-state index in [0.29, 0.717) is 30.8 Å². The lowest BCUT2D eigenvalue weighted by Gasteiger charge is -2.26. The number of benzene rings is 2. The minimum absolute atomic E-state index is 0.194. The summed E-state index contributed by atoms with van der Waals surface area (Å²) in [5, 5.41) is 7.17. The van der Waals surface area contributed by atoms with E-state index in [2.05, 4.69) is 15.4 Å². The first-order chi connectivity index (χ1) is 15.4. The number of piperidine rings is 1. The van der Waals surface area contributed by atoms with Crippen LogP contribution in [0.25, 0.3) is 0 Å². The third kappa shape index (κ3) is 4.89. The standard InChI is InChI=1S/C23H27N5O3S/c1-18-10-11-20(14-22(18)32(30,31)28-12-6-3-7-13-28)23(29)26-21(15-27-17-24-16-25-27)19-8-4-2-5-9-19/h2,4-5,8-11,14,16-17,21H,3,6-7,12-13,15H2,1H3,(H,26,29). The number of rotatable bonds is 7. The number of carbonyl (C=O) groups excluding carboxylic acids is 1. The fourth-order valence-electron chi connectivity index (χ4n) is 3.94. The quantitative estimate of drug-likeness (QED) is 0.593. The summed E-state index contributed by atoms with van der Waals surface area (Å²) in [6.45, 7) is 3.20. The Bertz CT molecular complexity index is 1160. The van der Waals surface area contributed by atoms with Crippen LogP contribution in [0.3, 0.4) is 0 Å². The van der Waals surface area contributed by atoms with Gasteiger partial charge in [0.25, 0.3) is 5.91 Å². The van der Waals surface area contributed by atoms with Gasteiger partial charge in [-0.2, -0.15) is 9.40 Å². The summed E-state index contributed by atoms with van der Waals surface area (Å²) in [5.41, 5.74) is 1.87. The monoisotopic (exact) mass is 453 g/mol. The zero-order valence-corrected chi connectivity index (χ0v) is 18.8. The van der Waals surface area contributed by atoms with E-state index in [1.807, 2.05) is 30.3 Å². The molecule has 1 fully saturated rings. The van der Waals surface area contributed by atoms with E-state index in [-0.39, 0.29) is 16.8 Å². The number of nitrogens with one attached hydrogen (secondary N) is 1. The lowest BCUT2D eigenvalue weighted by molar-refractivity contribution is 0.0931. The summed E-state index contributed by atoms with van der Waals surface area (Å²) >= 11 is 0. The normalized spacial score (nSPS) is 15.9. The Morgan fingerprint density at radius 2 is 1.84 bits per heavy atom. The van der Waals surface area contributed by atoms with Gasteiger partial charge >= 0.3 is 0 Å². The number of amides is 1. The van der Waals surface area contributed by atoms with Crippen LogP contribution in [0, 0.1) is 6.92 Å². The lowest BCUT2D eigenvalue weighted by Crippen LogP contribution is -2.36. The molecule has 9 heteroatoms. The average molecular weight is 454 g/mol. The molecule has 3 aromatic rings. The van der Waals surface area contributed by atoms with E-state index in [1.54, 1.807) is 30.1 Å². The van der Waals surface area contributed by atoms with Crippen LogP contribution in [0.5, 0.6) is 0 Å². The van der Waals surface area contributed by atoms with Gasteiger partial charge in [-0.25, -0.2) is 13.4 Å². The van der Waals surface area contributed by atoms with Crippen molar-refractivity contribution in [2.75, 3.05) is 13.1 Å². The van der Waals surface area contributed by atoms with E-state index in [1.165, 1.54) is 16.7 Å². The van der Waals surface area contributed by atoms with E-state index in [4.69, 9.17) is 0 Å². The van der Waals surface area contributed by atoms with Crippen LogP contribution in [0.4, 0.5) is 0 Å². The highest BCUT2D eigenvalue weighted by Gasteiger charge is 2.28. The van der Waals surface area contributed by atoms with Gasteiger partial charge in [-0.05, 0) is 43.0 Å². The number of carbonyl (C=O) groups is 1. The molecular formula is C23H27N5O3S. The molecule has 0 spiro atoms. The van der Waals surface area contributed by atoms with Crippen molar-refractivity contribution in [3.05, 3.63) is 77.9 Å². The van der Waals surface area contributed by atoms with Gasteiger partial charge in [0.1, 0.15) is 12.7 Å². The van der Waals surface area contributed by atoms with E-state index < -0.39 is 10.0 Å². The van der Waals surface area contributed by atoms with Crippen molar-refractivity contribution in [1.29, 1.82) is 0 Å². The van der Waals surface area contributed by atoms with Gasteiger partial charge in [-0.3, -0.25) is 9.48 Å². The third-order valence-electron chi connectivity index (χ3n) is 5.73. The Morgan fingerprint density at radius 3 is 2.53 bits per heavy atom. The summed E-state index contributed by atoms with van der Waals surface area (Å²) in [6, 6.07) is 14.1. The van der Waals surface area contributed by atoms with Gasteiger partial charge in [-0.15, -0.1) is 0 Å². The molecule has 1 saturated heterocycles. The van der Waals surface area contributed by atoms with E-state index >= 15 is 0 Å². The molecule has 1 unspecified atom stereocenters. The highest BCUT2D eigenvalue weighted by Crippen LogP contribution is 2.25. The van der Waals surface area contributed by atoms with Crippen molar-refractivity contribution in [1.82, 2.24) is 24.4 Å². The number of aryl methyl sites for hydroxylation is 1. The van der Waals surface area contributed by atoms with Crippen molar-refractivity contribution in [2.45, 2.75) is 43.7 Å². The predicted molar refractivity (Wildman–Crippen MR) is 120 cm³/mol. The fourth-order valence-corrected chi connectivity index (χ4v) is 5.71. The summed E-state index contributed by atoms with van der Waals surface area (Å²) in [4.78, 5) is 17.3. The summed E-state index contributed by atoms with van der Waals surface area (Å²) in [5.74, 6) is -0.339. The molecule has 4 rings (SSSR count). The Labute approximate surface area is 188 Å². The molecule has 0 saturated carbocycles. The van der Waals surface area contributed by atoms with E-state index in [9.17, 15) is 13.2 Å². The molecule has 0 radical (unpaired) electrons.